The van der Waals surface area contributed by atoms with Crippen LogP contribution in [0.25, 0.3) is 0 Å². The number of methoxy groups -OCH3 is 2. The van der Waals surface area contributed by atoms with Crippen molar-refractivity contribution >= 4 is 74.1 Å². The SMILES string of the molecule is COc1ccc([C@@]23C(=O)N(Nc4ccc(Cl)cc4Cl)C(=O)[C@@H]2C[C@@H]2C(=CC[C@@H]4C(=O)N(c5ccc(Br)cc5)C(=O)[C@@H]42)[C@@H]3c2c(O)cccc2OC)cc1. The molecule has 3 fully saturated rings. The maximum absolute atomic E-state index is 15.4. The van der Waals surface area contributed by atoms with Gasteiger partial charge in [-0.15, -0.1) is 0 Å². The molecule has 0 spiro atoms. The highest BCUT2D eigenvalue weighted by Crippen LogP contribution is 2.66. The second kappa shape index (κ2) is 13.2. The molecule has 53 heavy (non-hydrogen) atoms. The first-order valence-corrected chi connectivity index (χ1v) is 18.5. The summed E-state index contributed by atoms with van der Waals surface area (Å²) < 4.78 is 12.1. The molecule has 2 aliphatic carbocycles. The molecule has 0 aromatic heterocycles. The third-order valence-corrected chi connectivity index (χ3v) is 12.3. The molecule has 270 valence electrons. The third-order valence-electron chi connectivity index (χ3n) is 11.2. The van der Waals surface area contributed by atoms with Crippen molar-refractivity contribution in [2.24, 2.45) is 23.7 Å². The summed E-state index contributed by atoms with van der Waals surface area (Å²) in [6, 6.07) is 23.4. The molecule has 4 aliphatic rings. The van der Waals surface area contributed by atoms with Crippen LogP contribution in [0, 0.1) is 23.7 Å². The van der Waals surface area contributed by atoms with Crippen LogP contribution in [0.5, 0.6) is 17.2 Å². The van der Waals surface area contributed by atoms with Crippen LogP contribution < -0.4 is 19.8 Å². The Labute approximate surface area is 323 Å². The Balaban J connectivity index is 1.36. The smallest absolute Gasteiger partial charge is 0.260 e. The molecule has 2 N–H and O–H groups in total. The molecule has 2 saturated heterocycles. The summed E-state index contributed by atoms with van der Waals surface area (Å²) in [5.41, 5.74) is 3.49. The van der Waals surface area contributed by atoms with Gasteiger partial charge in [0, 0.05) is 21.0 Å². The van der Waals surface area contributed by atoms with Crippen LogP contribution >= 0.6 is 39.1 Å². The number of phenols is 1. The van der Waals surface area contributed by atoms with Crippen molar-refractivity contribution in [2.75, 3.05) is 24.5 Å². The van der Waals surface area contributed by atoms with Gasteiger partial charge in [-0.05, 0) is 91.1 Å². The van der Waals surface area contributed by atoms with Crippen molar-refractivity contribution < 1.29 is 33.8 Å². The second-order valence-electron chi connectivity index (χ2n) is 13.6. The van der Waals surface area contributed by atoms with E-state index in [1.54, 1.807) is 72.8 Å². The van der Waals surface area contributed by atoms with Crippen LogP contribution in [0.15, 0.2) is 101 Å². The zero-order valence-electron chi connectivity index (χ0n) is 28.4. The molecule has 13 heteroatoms. The number of anilines is 2. The fourth-order valence-corrected chi connectivity index (χ4v) is 9.72. The lowest BCUT2D eigenvalue weighted by Crippen LogP contribution is -2.53. The number of halogens is 3. The highest BCUT2D eigenvalue weighted by molar-refractivity contribution is 9.10. The zero-order chi connectivity index (χ0) is 37.3. The van der Waals surface area contributed by atoms with E-state index in [2.05, 4.69) is 21.4 Å². The molecule has 4 aromatic carbocycles. The fraction of sp³-hybridized carbons (Fsp3) is 0.250. The Morgan fingerprint density at radius 1 is 0.868 bits per heavy atom. The van der Waals surface area contributed by atoms with E-state index in [0.29, 0.717) is 38.9 Å². The molecule has 6 atom stereocenters. The van der Waals surface area contributed by atoms with Crippen molar-refractivity contribution in [2.45, 2.75) is 24.2 Å². The Morgan fingerprint density at radius 3 is 2.28 bits per heavy atom. The standard InChI is InChI=1S/C40H32BrCl2N3O7/c1-52-24-13-6-20(7-14-24)40-28(37(49)46(39(40)51)44-30-17-10-22(42)18-29(30)43)19-27-25(35(40)34-31(47)4-3-5-32(34)53-2)15-16-26-33(27)38(50)45(36(26)48)23-11-8-21(41)9-12-23/h3-15,17-18,26-28,33,35,44,47H,16,19H2,1-2H3/t26-,27+,28-,33-,35+,40+/m0/s1. The molecule has 10 nitrogen and oxygen atoms in total. The molecular formula is C40H32BrCl2N3O7. The number of nitrogens with one attached hydrogen (secondary N) is 1. The van der Waals surface area contributed by atoms with Crippen LogP contribution in [0.3, 0.4) is 0 Å². The lowest BCUT2D eigenvalue weighted by molar-refractivity contribution is -0.138. The summed E-state index contributed by atoms with van der Waals surface area (Å²) in [5.74, 6) is -5.40. The van der Waals surface area contributed by atoms with Gasteiger partial charge in [0.15, 0.2) is 0 Å². The second-order valence-corrected chi connectivity index (χ2v) is 15.4. The number of benzene rings is 4. The Bertz CT molecular complexity index is 2230. The van der Waals surface area contributed by atoms with E-state index in [-0.39, 0.29) is 41.1 Å². The minimum atomic E-state index is -1.66. The number of carbonyl (C=O) groups excluding carboxylic acids is 4. The number of aromatic hydroxyl groups is 1. The molecular weight excluding hydrogens is 785 g/mol. The van der Waals surface area contributed by atoms with E-state index in [4.69, 9.17) is 32.7 Å². The number of fused-ring (bicyclic) bond motifs is 4. The van der Waals surface area contributed by atoms with Gasteiger partial charge >= 0.3 is 0 Å². The van der Waals surface area contributed by atoms with E-state index in [0.717, 1.165) is 9.48 Å². The first-order valence-electron chi connectivity index (χ1n) is 16.9. The maximum atomic E-state index is 15.4. The molecule has 4 amide bonds. The van der Waals surface area contributed by atoms with Crippen LogP contribution in [0.1, 0.15) is 29.9 Å². The Kier molecular flexibility index (Phi) is 8.79. The van der Waals surface area contributed by atoms with Gasteiger partial charge in [0.25, 0.3) is 11.8 Å². The van der Waals surface area contributed by atoms with Gasteiger partial charge < -0.3 is 14.6 Å². The van der Waals surface area contributed by atoms with Crippen molar-refractivity contribution in [3.8, 4) is 17.2 Å². The van der Waals surface area contributed by atoms with Gasteiger partial charge in [0.1, 0.15) is 17.2 Å². The number of ether oxygens (including phenoxy) is 2. The van der Waals surface area contributed by atoms with Crippen molar-refractivity contribution in [1.29, 1.82) is 0 Å². The molecule has 0 bridgehead atoms. The average Bonchev–Trinajstić information content (AvgIpc) is 3.53. The predicted molar refractivity (Wildman–Crippen MR) is 202 cm³/mol. The number of carbonyl (C=O) groups is 4. The van der Waals surface area contributed by atoms with Gasteiger partial charge in [-0.25, -0.2) is 0 Å². The highest BCUT2D eigenvalue weighted by Gasteiger charge is 2.71. The molecule has 0 unspecified atom stereocenters. The first kappa shape index (κ1) is 35.2. The number of hydrogen-bond acceptors (Lipinski definition) is 8. The van der Waals surface area contributed by atoms with Crippen molar-refractivity contribution in [3.05, 3.63) is 122 Å². The van der Waals surface area contributed by atoms with Crippen LogP contribution in [0.4, 0.5) is 11.4 Å². The number of rotatable bonds is 7. The number of nitrogens with zero attached hydrogens (tertiary/aromatic N) is 2. The first-order chi connectivity index (χ1) is 25.5. The average molecular weight is 818 g/mol. The lowest BCUT2D eigenvalue weighted by Gasteiger charge is -2.50. The quantitative estimate of drug-likeness (QED) is 0.144. The summed E-state index contributed by atoms with van der Waals surface area (Å²) >= 11 is 16.1. The molecule has 2 heterocycles. The van der Waals surface area contributed by atoms with Gasteiger partial charge in [-0.2, -0.15) is 5.01 Å². The van der Waals surface area contributed by atoms with E-state index >= 15 is 4.79 Å². The molecule has 0 radical (unpaired) electrons. The van der Waals surface area contributed by atoms with E-state index in [1.807, 2.05) is 6.08 Å². The summed E-state index contributed by atoms with van der Waals surface area (Å²) in [6.07, 6.45) is 2.20. The van der Waals surface area contributed by atoms with Crippen LogP contribution in [-0.4, -0.2) is 48.0 Å². The number of hydrogen-bond donors (Lipinski definition) is 2. The minimum absolute atomic E-state index is 0.0652. The number of hydrazine groups is 1. The van der Waals surface area contributed by atoms with E-state index in [9.17, 15) is 19.5 Å². The topological polar surface area (TPSA) is 125 Å². The van der Waals surface area contributed by atoms with E-state index in [1.165, 1.54) is 31.3 Å². The van der Waals surface area contributed by atoms with Crippen molar-refractivity contribution in [1.82, 2.24) is 5.01 Å². The molecule has 4 aromatic rings. The maximum Gasteiger partial charge on any atom is 0.260 e. The summed E-state index contributed by atoms with van der Waals surface area (Å²) in [4.78, 5) is 60.2. The number of imide groups is 2. The largest absolute Gasteiger partial charge is 0.508 e. The monoisotopic (exact) mass is 815 g/mol. The summed E-state index contributed by atoms with van der Waals surface area (Å²) in [7, 11) is 3.00. The molecule has 1 saturated carbocycles. The summed E-state index contributed by atoms with van der Waals surface area (Å²) in [6.45, 7) is 0. The van der Waals surface area contributed by atoms with Gasteiger partial charge in [0.05, 0.1) is 53.8 Å². The lowest BCUT2D eigenvalue weighted by atomic mass is 9.49. The van der Waals surface area contributed by atoms with E-state index < -0.39 is 46.8 Å². The number of amides is 4. The number of allylic oxidation sites excluding steroid dienone is 2. The third kappa shape index (κ3) is 5.26. The van der Waals surface area contributed by atoms with Gasteiger partial charge in [-0.1, -0.05) is 69.0 Å². The molecule has 2 aliphatic heterocycles. The summed E-state index contributed by atoms with van der Waals surface area (Å²) in [5, 5.41) is 13.3. The highest BCUT2D eigenvalue weighted by atomic mass is 79.9. The normalized spacial score (nSPS) is 26.2. The van der Waals surface area contributed by atoms with Crippen LogP contribution in [-0.2, 0) is 24.6 Å². The fourth-order valence-electron chi connectivity index (χ4n) is 9.00. The minimum Gasteiger partial charge on any atom is -0.508 e. The van der Waals surface area contributed by atoms with Crippen LogP contribution in [0.2, 0.25) is 10.0 Å². The Morgan fingerprint density at radius 2 is 1.60 bits per heavy atom. The van der Waals surface area contributed by atoms with Gasteiger partial charge in [-0.3, -0.25) is 29.5 Å². The van der Waals surface area contributed by atoms with Gasteiger partial charge in [0.2, 0.25) is 11.8 Å². The molecule has 8 rings (SSSR count). The zero-order valence-corrected chi connectivity index (χ0v) is 31.5. The van der Waals surface area contributed by atoms with Crippen molar-refractivity contribution in [3.63, 3.8) is 0 Å². The predicted octanol–water partition coefficient (Wildman–Crippen LogP) is 7.67. The Hall–Kier alpha value is -4.84. The number of phenolic OH excluding ortho intramolecular Hbond substituents is 1.